The van der Waals surface area contributed by atoms with E-state index in [1.54, 1.807) is 24.0 Å². The number of amides is 2. The van der Waals surface area contributed by atoms with Crippen LogP contribution in [0.2, 0.25) is 0 Å². The van der Waals surface area contributed by atoms with Crippen LogP contribution in [0.25, 0.3) is 0 Å². The molecule has 3 heterocycles. The fourth-order valence-electron chi connectivity index (χ4n) is 7.05. The third-order valence-corrected chi connectivity index (χ3v) is 10.4. The average Bonchev–Trinajstić information content (AvgIpc) is 3.85. The van der Waals surface area contributed by atoms with Crippen LogP contribution in [-0.4, -0.2) is 82.8 Å². The lowest BCUT2D eigenvalue weighted by atomic mass is 9.71. The second-order valence-electron chi connectivity index (χ2n) is 12.6. The summed E-state index contributed by atoms with van der Waals surface area (Å²) in [5.41, 5.74) is 1.72. The molecule has 1 spiro atoms. The fourth-order valence-corrected chi connectivity index (χ4v) is 7.05. The number of nitrogens with zero attached hydrogens (tertiary/aromatic N) is 6. The quantitative estimate of drug-likeness (QED) is 0.497. The van der Waals surface area contributed by atoms with Crippen molar-refractivity contribution in [1.29, 1.82) is 0 Å². The molecule has 2 unspecified atom stereocenters. The first-order valence-corrected chi connectivity index (χ1v) is 14.9. The van der Waals surface area contributed by atoms with E-state index in [9.17, 15) is 9.59 Å². The molecule has 210 valence electrons. The highest BCUT2D eigenvalue weighted by molar-refractivity contribution is 5.99. The van der Waals surface area contributed by atoms with Gasteiger partial charge in [-0.1, -0.05) is 32.6 Å². The molecule has 3 atom stereocenters. The van der Waals surface area contributed by atoms with Crippen LogP contribution in [0, 0.1) is 11.8 Å². The van der Waals surface area contributed by atoms with Crippen molar-refractivity contribution in [2.24, 2.45) is 18.9 Å². The average molecular weight is 535 g/mol. The summed E-state index contributed by atoms with van der Waals surface area (Å²) < 4.78 is 1.77. The summed E-state index contributed by atoms with van der Waals surface area (Å²) in [5, 5.41) is 7.37. The Bertz CT molecular complexity index is 1210. The van der Waals surface area contributed by atoms with E-state index in [2.05, 4.69) is 46.3 Å². The molecule has 39 heavy (non-hydrogen) atoms. The Morgan fingerprint density at radius 3 is 2.44 bits per heavy atom. The van der Waals surface area contributed by atoms with Gasteiger partial charge in [0.2, 0.25) is 0 Å². The Labute approximate surface area is 232 Å². The zero-order valence-electron chi connectivity index (χ0n) is 24.0. The number of carbonyl (C=O) groups excluding carboxylic acids is 2. The van der Waals surface area contributed by atoms with E-state index < -0.39 is 6.04 Å². The maximum absolute atomic E-state index is 14.7. The summed E-state index contributed by atoms with van der Waals surface area (Å²) in [4.78, 5) is 37.9. The number of aryl methyl sites for hydroxylation is 1. The van der Waals surface area contributed by atoms with Gasteiger partial charge in [-0.25, -0.2) is 14.3 Å². The Hall–Kier alpha value is -2.78. The SMILES string of the molecule is CCC(C1CCC1)[C@H](NC(=O)c1ccnn1C)C(=O)[N+](C)(c1ccc(N2CCN(C)C3(CC3)C2)nc1)C1CC1. The predicted molar refractivity (Wildman–Crippen MR) is 152 cm³/mol. The molecule has 4 fully saturated rings. The molecule has 0 bridgehead atoms. The first-order chi connectivity index (χ1) is 18.8. The van der Waals surface area contributed by atoms with Crippen molar-refractivity contribution in [3.05, 3.63) is 36.3 Å². The monoisotopic (exact) mass is 534 g/mol. The molecule has 0 aromatic carbocycles. The van der Waals surface area contributed by atoms with Crippen LogP contribution >= 0.6 is 0 Å². The molecule has 3 saturated carbocycles. The normalized spacial score (nSPS) is 24.1. The Kier molecular flexibility index (Phi) is 6.78. The molecule has 2 aromatic heterocycles. The first kappa shape index (κ1) is 26.4. The molecular formula is C30H44N7O2+. The van der Waals surface area contributed by atoms with Crippen molar-refractivity contribution < 1.29 is 9.59 Å². The molecule has 9 heteroatoms. The fraction of sp³-hybridized carbons (Fsp3) is 0.667. The van der Waals surface area contributed by atoms with Gasteiger partial charge in [-0.3, -0.25) is 14.4 Å². The van der Waals surface area contributed by atoms with Gasteiger partial charge in [0.25, 0.3) is 5.91 Å². The minimum Gasteiger partial charge on any atom is -0.353 e. The maximum Gasteiger partial charge on any atom is 0.341 e. The Morgan fingerprint density at radius 2 is 1.90 bits per heavy atom. The lowest BCUT2D eigenvalue weighted by molar-refractivity contribution is -0.134. The van der Waals surface area contributed by atoms with E-state index in [0.717, 1.165) is 63.2 Å². The summed E-state index contributed by atoms with van der Waals surface area (Å²) in [6, 6.07) is 5.60. The van der Waals surface area contributed by atoms with Crippen molar-refractivity contribution in [3.63, 3.8) is 0 Å². The Balaban J connectivity index is 1.28. The molecule has 9 nitrogen and oxygen atoms in total. The number of quaternary nitrogens is 1. The number of nitrogens with one attached hydrogen (secondary N) is 1. The van der Waals surface area contributed by atoms with Crippen molar-refractivity contribution in [2.45, 2.75) is 75.9 Å². The summed E-state index contributed by atoms with van der Waals surface area (Å²) in [7, 11) is 6.04. The summed E-state index contributed by atoms with van der Waals surface area (Å²) in [6.45, 7) is 5.19. The smallest absolute Gasteiger partial charge is 0.341 e. The second-order valence-corrected chi connectivity index (χ2v) is 12.6. The standard InChI is InChI=1S/C30H43N7O2/c1-5-24(21-7-6-8-21)27(33-28(38)25-13-16-32-35(25)3)29(39)37(4,22-9-10-22)23-11-12-26(31-19-23)36-18-17-34(2)30(20-36)14-15-30/h11-13,16,19,21-22,24,27H,5-10,14-15,17-18,20H2,1-4H3/p+1/t24?,27-,37?/m0/s1. The highest BCUT2D eigenvalue weighted by Crippen LogP contribution is 2.45. The highest BCUT2D eigenvalue weighted by atomic mass is 16.2. The number of pyridine rings is 1. The summed E-state index contributed by atoms with van der Waals surface area (Å²) in [6.07, 6.45) is 12.4. The van der Waals surface area contributed by atoms with Gasteiger partial charge in [0, 0.05) is 57.3 Å². The van der Waals surface area contributed by atoms with Gasteiger partial charge in [0.1, 0.15) is 23.6 Å². The van der Waals surface area contributed by atoms with E-state index >= 15 is 0 Å². The van der Waals surface area contributed by atoms with Crippen molar-refractivity contribution in [2.75, 3.05) is 38.6 Å². The largest absolute Gasteiger partial charge is 0.353 e. The third-order valence-electron chi connectivity index (χ3n) is 10.4. The van der Waals surface area contributed by atoms with Gasteiger partial charge >= 0.3 is 5.91 Å². The van der Waals surface area contributed by atoms with Crippen molar-refractivity contribution in [3.8, 4) is 0 Å². The molecule has 0 radical (unpaired) electrons. The van der Waals surface area contributed by atoms with Crippen LogP contribution in [0.4, 0.5) is 11.5 Å². The van der Waals surface area contributed by atoms with Gasteiger partial charge in [-0.05, 0) is 43.9 Å². The van der Waals surface area contributed by atoms with Gasteiger partial charge in [-0.15, -0.1) is 0 Å². The molecule has 1 aliphatic heterocycles. The molecule has 2 aromatic rings. The number of aromatic nitrogens is 3. The second kappa shape index (κ2) is 10.0. The topological polar surface area (TPSA) is 83.4 Å². The number of anilines is 1. The number of hydrogen-bond donors (Lipinski definition) is 1. The minimum atomic E-state index is -0.555. The van der Waals surface area contributed by atoms with E-state index in [1.807, 2.05) is 13.2 Å². The molecule has 4 aliphatic rings. The number of rotatable bonds is 9. The molecule has 6 rings (SSSR count). The summed E-state index contributed by atoms with van der Waals surface area (Å²) >= 11 is 0. The van der Waals surface area contributed by atoms with E-state index in [1.165, 1.54) is 19.3 Å². The minimum absolute atomic E-state index is 0.0813. The zero-order chi connectivity index (χ0) is 27.4. The van der Waals surface area contributed by atoms with Crippen LogP contribution in [0.1, 0.15) is 68.8 Å². The molecule has 1 saturated heterocycles. The van der Waals surface area contributed by atoms with E-state index in [4.69, 9.17) is 4.98 Å². The number of carbonyl (C=O) groups is 2. The van der Waals surface area contributed by atoms with E-state index in [-0.39, 0.29) is 28.3 Å². The Morgan fingerprint density at radius 1 is 1.13 bits per heavy atom. The predicted octanol–water partition coefficient (Wildman–Crippen LogP) is 3.35. The van der Waals surface area contributed by atoms with Crippen LogP contribution in [0.3, 0.4) is 0 Å². The van der Waals surface area contributed by atoms with Crippen molar-refractivity contribution in [1.82, 2.24) is 29.5 Å². The lowest BCUT2D eigenvalue weighted by Gasteiger charge is -2.42. The van der Waals surface area contributed by atoms with Crippen molar-refractivity contribution >= 4 is 23.3 Å². The van der Waals surface area contributed by atoms with Crippen LogP contribution in [0.5, 0.6) is 0 Å². The number of piperazine rings is 1. The van der Waals surface area contributed by atoms with Crippen LogP contribution < -0.4 is 14.7 Å². The molecular weight excluding hydrogens is 490 g/mol. The zero-order valence-corrected chi connectivity index (χ0v) is 24.0. The molecule has 1 N–H and O–H groups in total. The maximum atomic E-state index is 14.7. The number of hydrogen-bond acceptors (Lipinski definition) is 6. The lowest BCUT2D eigenvalue weighted by Crippen LogP contribution is -2.63. The van der Waals surface area contributed by atoms with Gasteiger partial charge in [0.15, 0.2) is 5.69 Å². The van der Waals surface area contributed by atoms with Gasteiger partial charge in [-0.2, -0.15) is 5.10 Å². The van der Waals surface area contributed by atoms with E-state index in [0.29, 0.717) is 17.2 Å². The summed E-state index contributed by atoms with van der Waals surface area (Å²) in [5.74, 6) is 1.43. The third kappa shape index (κ3) is 4.67. The highest BCUT2D eigenvalue weighted by Gasteiger charge is 2.54. The first-order valence-electron chi connectivity index (χ1n) is 14.9. The van der Waals surface area contributed by atoms with Gasteiger partial charge in [0.05, 0.1) is 13.2 Å². The van der Waals surface area contributed by atoms with Gasteiger partial charge < -0.3 is 10.2 Å². The molecule has 2 amide bonds. The van der Waals surface area contributed by atoms with Crippen LogP contribution in [-0.2, 0) is 11.8 Å². The molecule has 3 aliphatic carbocycles. The van der Waals surface area contributed by atoms with Crippen LogP contribution in [0.15, 0.2) is 30.6 Å². The number of likely N-dealkylation sites (N-methyl/N-ethyl adjacent to an activating group) is 2.